The van der Waals surface area contributed by atoms with Gasteiger partial charge in [0.25, 0.3) is 0 Å². The zero-order valence-electron chi connectivity index (χ0n) is 8.56. The van der Waals surface area contributed by atoms with E-state index in [9.17, 15) is 0 Å². The highest BCUT2D eigenvalue weighted by atomic mass is 16.5. The van der Waals surface area contributed by atoms with Crippen molar-refractivity contribution in [3.05, 3.63) is 18.0 Å². The largest absolute Gasteiger partial charge is 0.463 e. The molecule has 1 fully saturated rings. The summed E-state index contributed by atoms with van der Waals surface area (Å²) in [5.74, 6) is 2.44. The van der Waals surface area contributed by atoms with Gasteiger partial charge in [-0.1, -0.05) is 6.92 Å². The summed E-state index contributed by atoms with van der Waals surface area (Å²) in [4.78, 5) is 8.02. The van der Waals surface area contributed by atoms with Gasteiger partial charge in [0.05, 0.1) is 13.2 Å². The maximum absolute atomic E-state index is 5.46. The standard InChI is InChI=1S/C11H12N2O2/c1-3-9-4-5-12-10(13-9)15-8-11(2)6-14-7-11/h1,4-5H,6-8H2,2H3. The minimum absolute atomic E-state index is 0.0928. The third kappa shape index (κ3) is 2.25. The molecule has 2 rings (SSSR count). The zero-order valence-corrected chi connectivity index (χ0v) is 8.56. The lowest BCUT2D eigenvalue weighted by Crippen LogP contribution is -2.44. The maximum atomic E-state index is 5.46. The van der Waals surface area contributed by atoms with Gasteiger partial charge in [-0.3, -0.25) is 0 Å². The number of ether oxygens (including phenoxy) is 2. The van der Waals surface area contributed by atoms with Gasteiger partial charge in [0.1, 0.15) is 12.3 Å². The fourth-order valence-corrected chi connectivity index (χ4v) is 1.26. The molecule has 0 saturated carbocycles. The van der Waals surface area contributed by atoms with E-state index in [1.165, 1.54) is 0 Å². The van der Waals surface area contributed by atoms with E-state index in [0.717, 1.165) is 13.2 Å². The Kier molecular flexibility index (Phi) is 2.57. The molecule has 0 aromatic carbocycles. The van der Waals surface area contributed by atoms with Crippen molar-refractivity contribution in [1.82, 2.24) is 9.97 Å². The molecule has 0 amide bonds. The molecule has 1 aromatic heterocycles. The molecule has 78 valence electrons. The third-order valence-corrected chi connectivity index (χ3v) is 2.23. The van der Waals surface area contributed by atoms with Crippen molar-refractivity contribution >= 4 is 0 Å². The number of terminal acetylenes is 1. The van der Waals surface area contributed by atoms with Crippen molar-refractivity contribution in [2.75, 3.05) is 19.8 Å². The van der Waals surface area contributed by atoms with Crippen molar-refractivity contribution in [3.8, 4) is 18.4 Å². The van der Waals surface area contributed by atoms with Crippen molar-refractivity contribution in [2.24, 2.45) is 5.41 Å². The molecule has 4 nitrogen and oxygen atoms in total. The quantitative estimate of drug-likeness (QED) is 0.685. The minimum atomic E-state index is 0.0928. The Labute approximate surface area is 88.6 Å². The summed E-state index contributed by atoms with van der Waals surface area (Å²) < 4.78 is 10.6. The molecule has 1 saturated heterocycles. The van der Waals surface area contributed by atoms with E-state index in [4.69, 9.17) is 15.9 Å². The van der Waals surface area contributed by atoms with Crippen molar-refractivity contribution < 1.29 is 9.47 Å². The topological polar surface area (TPSA) is 44.2 Å². The number of hydrogen-bond acceptors (Lipinski definition) is 4. The maximum Gasteiger partial charge on any atom is 0.317 e. The molecule has 1 aliphatic rings. The molecule has 0 atom stereocenters. The molecule has 1 aliphatic heterocycles. The van der Waals surface area contributed by atoms with Gasteiger partial charge < -0.3 is 9.47 Å². The highest BCUT2D eigenvalue weighted by molar-refractivity contribution is 5.23. The van der Waals surface area contributed by atoms with Gasteiger partial charge in [0.15, 0.2) is 0 Å². The number of nitrogens with zero attached hydrogens (tertiary/aromatic N) is 2. The molecule has 0 unspecified atom stereocenters. The predicted octanol–water partition coefficient (Wildman–Crippen LogP) is 0.873. The van der Waals surface area contributed by atoms with Crippen LogP contribution >= 0.6 is 0 Å². The summed E-state index contributed by atoms with van der Waals surface area (Å²) in [6.45, 7) is 4.10. The summed E-state index contributed by atoms with van der Waals surface area (Å²) in [7, 11) is 0. The van der Waals surface area contributed by atoms with E-state index in [1.54, 1.807) is 12.3 Å². The van der Waals surface area contributed by atoms with Crippen LogP contribution in [0.5, 0.6) is 6.01 Å². The lowest BCUT2D eigenvalue weighted by molar-refractivity contribution is -0.121. The molecule has 4 heteroatoms. The molecule has 0 aliphatic carbocycles. The predicted molar refractivity (Wildman–Crippen MR) is 54.4 cm³/mol. The Morgan fingerprint density at radius 1 is 1.67 bits per heavy atom. The van der Waals surface area contributed by atoms with Gasteiger partial charge in [0.2, 0.25) is 0 Å². The van der Waals surface area contributed by atoms with Gasteiger partial charge in [-0.05, 0) is 12.0 Å². The monoisotopic (exact) mass is 204 g/mol. The van der Waals surface area contributed by atoms with Crippen LogP contribution in [0.15, 0.2) is 12.3 Å². The van der Waals surface area contributed by atoms with Crippen LogP contribution in [0, 0.1) is 17.8 Å². The van der Waals surface area contributed by atoms with Gasteiger partial charge >= 0.3 is 6.01 Å². The van der Waals surface area contributed by atoms with Gasteiger partial charge in [-0.25, -0.2) is 4.98 Å². The summed E-state index contributed by atoms with van der Waals surface area (Å²) in [5.41, 5.74) is 0.630. The van der Waals surface area contributed by atoms with Gasteiger partial charge in [-0.15, -0.1) is 6.42 Å². The lowest BCUT2D eigenvalue weighted by Gasteiger charge is -2.37. The number of aromatic nitrogens is 2. The second-order valence-electron chi connectivity index (χ2n) is 3.96. The fraction of sp³-hybridized carbons (Fsp3) is 0.455. The molecule has 2 heterocycles. The van der Waals surface area contributed by atoms with Crippen LogP contribution in [0.3, 0.4) is 0 Å². The van der Waals surface area contributed by atoms with E-state index in [1.807, 2.05) is 0 Å². The second kappa shape index (κ2) is 3.87. The Balaban J connectivity index is 1.96. The van der Waals surface area contributed by atoms with Crippen molar-refractivity contribution in [2.45, 2.75) is 6.92 Å². The minimum Gasteiger partial charge on any atom is -0.463 e. The smallest absolute Gasteiger partial charge is 0.317 e. The van der Waals surface area contributed by atoms with Crippen LogP contribution in [0.25, 0.3) is 0 Å². The van der Waals surface area contributed by atoms with E-state index in [2.05, 4.69) is 22.8 Å². The summed E-state index contributed by atoms with van der Waals surface area (Å²) in [6, 6.07) is 2.00. The average molecular weight is 204 g/mol. The Bertz CT molecular complexity index is 394. The van der Waals surface area contributed by atoms with E-state index in [0.29, 0.717) is 18.3 Å². The van der Waals surface area contributed by atoms with E-state index in [-0.39, 0.29) is 5.41 Å². The molecule has 0 spiro atoms. The van der Waals surface area contributed by atoms with Crippen LogP contribution in [0.1, 0.15) is 12.6 Å². The molecule has 0 radical (unpaired) electrons. The molecule has 0 N–H and O–H groups in total. The summed E-state index contributed by atoms with van der Waals surface area (Å²) in [5, 5.41) is 0. The molecular weight excluding hydrogens is 192 g/mol. The first-order valence-electron chi connectivity index (χ1n) is 4.72. The van der Waals surface area contributed by atoms with E-state index < -0.39 is 0 Å². The lowest BCUT2D eigenvalue weighted by atomic mass is 9.90. The number of rotatable bonds is 3. The highest BCUT2D eigenvalue weighted by Crippen LogP contribution is 2.26. The van der Waals surface area contributed by atoms with Crippen LogP contribution in [-0.2, 0) is 4.74 Å². The zero-order chi connectivity index (χ0) is 10.7. The first-order chi connectivity index (χ1) is 7.22. The summed E-state index contributed by atoms with van der Waals surface area (Å²) >= 11 is 0. The number of hydrogen-bond donors (Lipinski definition) is 0. The Hall–Kier alpha value is -1.60. The fourth-order valence-electron chi connectivity index (χ4n) is 1.26. The first kappa shape index (κ1) is 9.94. The van der Waals surface area contributed by atoms with Crippen LogP contribution in [-0.4, -0.2) is 29.8 Å². The van der Waals surface area contributed by atoms with Gasteiger partial charge in [-0.2, -0.15) is 4.98 Å². The molecule has 15 heavy (non-hydrogen) atoms. The Morgan fingerprint density at radius 2 is 2.47 bits per heavy atom. The van der Waals surface area contributed by atoms with Crippen molar-refractivity contribution in [1.29, 1.82) is 0 Å². The first-order valence-corrected chi connectivity index (χ1v) is 4.72. The third-order valence-electron chi connectivity index (χ3n) is 2.23. The molecule has 0 bridgehead atoms. The highest BCUT2D eigenvalue weighted by Gasteiger charge is 2.34. The van der Waals surface area contributed by atoms with Crippen LogP contribution in [0.2, 0.25) is 0 Å². The van der Waals surface area contributed by atoms with Crippen molar-refractivity contribution in [3.63, 3.8) is 0 Å². The van der Waals surface area contributed by atoms with Crippen LogP contribution in [0.4, 0.5) is 0 Å². The molecule has 1 aromatic rings. The second-order valence-corrected chi connectivity index (χ2v) is 3.96. The van der Waals surface area contributed by atoms with Gasteiger partial charge in [0, 0.05) is 11.6 Å². The SMILES string of the molecule is C#Cc1ccnc(OCC2(C)COC2)n1. The van der Waals surface area contributed by atoms with Crippen LogP contribution < -0.4 is 4.74 Å². The summed E-state index contributed by atoms with van der Waals surface area (Å²) in [6.07, 6.45) is 6.82. The molecular formula is C11H12N2O2. The normalized spacial score (nSPS) is 17.6. The van der Waals surface area contributed by atoms with E-state index >= 15 is 0 Å². The average Bonchev–Trinajstić information content (AvgIpc) is 2.24. The Morgan fingerprint density at radius 3 is 3.07 bits per heavy atom.